The van der Waals surface area contributed by atoms with Gasteiger partial charge in [0.25, 0.3) is 0 Å². The van der Waals surface area contributed by atoms with Crippen molar-refractivity contribution in [3.63, 3.8) is 0 Å². The third kappa shape index (κ3) is 3.90. The van der Waals surface area contributed by atoms with Crippen molar-refractivity contribution in [1.29, 1.82) is 0 Å². The van der Waals surface area contributed by atoms with Crippen LogP contribution in [0.15, 0.2) is 18.2 Å². The molecule has 2 rings (SSSR count). The van der Waals surface area contributed by atoms with Crippen LogP contribution in [0, 0.1) is 5.92 Å². The summed E-state index contributed by atoms with van der Waals surface area (Å²) >= 11 is 0. The molecule has 1 aromatic rings. The molecule has 1 atom stereocenters. The number of nitrogens with zero attached hydrogens (tertiary/aromatic N) is 1. The summed E-state index contributed by atoms with van der Waals surface area (Å²) in [5, 5.41) is 8.64. The summed E-state index contributed by atoms with van der Waals surface area (Å²) in [5.74, 6) is 0.430. The molecule has 0 saturated carbocycles. The number of carboxylic acids is 1. The highest BCUT2D eigenvalue weighted by molar-refractivity contribution is 5.79. The normalized spacial score (nSPS) is 16.4. The van der Waals surface area contributed by atoms with Crippen molar-refractivity contribution in [2.75, 3.05) is 27.3 Å². The van der Waals surface area contributed by atoms with Gasteiger partial charge in [0.2, 0.25) is 5.91 Å². The Kier molecular flexibility index (Phi) is 5.25. The first-order valence-electron chi connectivity index (χ1n) is 7.27. The Morgan fingerprint density at radius 2 is 2.23 bits per heavy atom. The lowest BCUT2D eigenvalue weighted by atomic mass is 9.95. The summed E-state index contributed by atoms with van der Waals surface area (Å²) in [7, 11) is 3.30. The summed E-state index contributed by atoms with van der Waals surface area (Å²) in [4.78, 5) is 24.5. The lowest BCUT2D eigenvalue weighted by Crippen LogP contribution is -2.39. The van der Waals surface area contributed by atoms with E-state index < -0.39 is 5.97 Å². The van der Waals surface area contributed by atoms with Gasteiger partial charge in [0.05, 0.1) is 13.0 Å². The van der Waals surface area contributed by atoms with Gasteiger partial charge in [0, 0.05) is 20.0 Å². The van der Waals surface area contributed by atoms with Crippen LogP contribution in [0.1, 0.15) is 18.4 Å². The average molecular weight is 307 g/mol. The van der Waals surface area contributed by atoms with E-state index in [1.165, 1.54) is 0 Å². The van der Waals surface area contributed by atoms with Crippen LogP contribution in [0.2, 0.25) is 0 Å². The fraction of sp³-hybridized carbons (Fsp3) is 0.500. The number of methoxy groups -OCH3 is 1. The predicted octanol–water partition coefficient (Wildman–Crippen LogP) is 1.57. The average Bonchev–Trinajstić information content (AvgIpc) is 2.52. The molecule has 1 unspecified atom stereocenters. The number of hydrogen-bond acceptors (Lipinski definition) is 4. The van der Waals surface area contributed by atoms with Crippen molar-refractivity contribution in [2.45, 2.75) is 19.3 Å². The largest absolute Gasteiger partial charge is 0.497 e. The van der Waals surface area contributed by atoms with Gasteiger partial charge in [-0.3, -0.25) is 9.59 Å². The Balaban J connectivity index is 1.95. The van der Waals surface area contributed by atoms with E-state index in [4.69, 9.17) is 14.6 Å². The van der Waals surface area contributed by atoms with Gasteiger partial charge in [-0.15, -0.1) is 0 Å². The minimum Gasteiger partial charge on any atom is -0.497 e. The van der Waals surface area contributed by atoms with Crippen molar-refractivity contribution in [1.82, 2.24) is 4.90 Å². The molecule has 1 N–H and O–H groups in total. The van der Waals surface area contributed by atoms with E-state index in [9.17, 15) is 9.59 Å². The van der Waals surface area contributed by atoms with Gasteiger partial charge in [-0.1, -0.05) is 0 Å². The van der Waals surface area contributed by atoms with E-state index in [1.807, 2.05) is 18.2 Å². The van der Waals surface area contributed by atoms with Crippen LogP contribution in [0.3, 0.4) is 0 Å². The number of carbonyl (C=O) groups excluding carboxylic acids is 1. The molecule has 120 valence electrons. The highest BCUT2D eigenvalue weighted by atomic mass is 16.5. The van der Waals surface area contributed by atoms with Gasteiger partial charge in [0.1, 0.15) is 18.1 Å². The minimum absolute atomic E-state index is 0.0149. The zero-order valence-electron chi connectivity index (χ0n) is 12.9. The van der Waals surface area contributed by atoms with E-state index in [-0.39, 0.29) is 18.2 Å². The zero-order valence-corrected chi connectivity index (χ0v) is 12.9. The molecule has 6 nitrogen and oxygen atoms in total. The van der Waals surface area contributed by atoms with E-state index in [0.29, 0.717) is 26.0 Å². The van der Waals surface area contributed by atoms with Crippen LogP contribution in [-0.4, -0.2) is 49.2 Å². The minimum atomic E-state index is -0.845. The standard InChI is InChI=1S/C16H21NO5/c1-17(7-3-4-15(18)19)16(20)12-8-11-9-13(21-2)5-6-14(11)22-10-12/h5-6,9,12H,3-4,7-8,10H2,1-2H3,(H,18,19). The van der Waals surface area contributed by atoms with Crippen LogP contribution in [-0.2, 0) is 16.0 Å². The number of benzene rings is 1. The second-order valence-corrected chi connectivity index (χ2v) is 5.44. The lowest BCUT2D eigenvalue weighted by Gasteiger charge is -2.28. The predicted molar refractivity (Wildman–Crippen MR) is 80.2 cm³/mol. The first-order chi connectivity index (χ1) is 10.5. The third-order valence-electron chi connectivity index (χ3n) is 3.78. The summed E-state index contributed by atoms with van der Waals surface area (Å²) < 4.78 is 10.8. The van der Waals surface area contributed by atoms with Crippen molar-refractivity contribution in [3.8, 4) is 11.5 Å². The Morgan fingerprint density at radius 1 is 1.45 bits per heavy atom. The van der Waals surface area contributed by atoms with Crippen LogP contribution < -0.4 is 9.47 Å². The van der Waals surface area contributed by atoms with Crippen LogP contribution in [0.25, 0.3) is 0 Å². The molecule has 0 aromatic heterocycles. The number of carbonyl (C=O) groups is 2. The second kappa shape index (κ2) is 7.15. The molecule has 0 aliphatic carbocycles. The number of fused-ring (bicyclic) bond motifs is 1. The molecular formula is C16H21NO5. The molecule has 22 heavy (non-hydrogen) atoms. The van der Waals surface area contributed by atoms with E-state index in [1.54, 1.807) is 19.1 Å². The Hall–Kier alpha value is -2.24. The number of amides is 1. The van der Waals surface area contributed by atoms with E-state index >= 15 is 0 Å². The van der Waals surface area contributed by atoms with Crippen molar-refractivity contribution < 1.29 is 24.2 Å². The number of hydrogen-bond donors (Lipinski definition) is 1. The Morgan fingerprint density at radius 3 is 2.91 bits per heavy atom. The van der Waals surface area contributed by atoms with E-state index in [2.05, 4.69) is 0 Å². The highest BCUT2D eigenvalue weighted by Crippen LogP contribution is 2.31. The first-order valence-corrected chi connectivity index (χ1v) is 7.27. The van der Waals surface area contributed by atoms with Crippen LogP contribution in [0.4, 0.5) is 0 Å². The molecule has 0 bridgehead atoms. The summed E-state index contributed by atoms with van der Waals surface area (Å²) in [5.41, 5.74) is 0.961. The molecule has 0 saturated heterocycles. The van der Waals surface area contributed by atoms with Crippen molar-refractivity contribution in [2.24, 2.45) is 5.92 Å². The van der Waals surface area contributed by atoms with Gasteiger partial charge in [-0.05, 0) is 36.6 Å². The summed E-state index contributed by atoms with van der Waals surface area (Å²) in [6.07, 6.45) is 1.13. The molecule has 1 aromatic carbocycles. The maximum Gasteiger partial charge on any atom is 0.303 e. The van der Waals surface area contributed by atoms with E-state index in [0.717, 1.165) is 17.1 Å². The molecule has 1 aliphatic rings. The smallest absolute Gasteiger partial charge is 0.303 e. The third-order valence-corrected chi connectivity index (χ3v) is 3.78. The molecule has 6 heteroatoms. The Labute approximate surface area is 129 Å². The second-order valence-electron chi connectivity index (χ2n) is 5.44. The van der Waals surface area contributed by atoms with Crippen molar-refractivity contribution >= 4 is 11.9 Å². The molecule has 1 aliphatic heterocycles. The monoisotopic (exact) mass is 307 g/mol. The molecule has 0 radical (unpaired) electrons. The summed E-state index contributed by atoms with van der Waals surface area (Å²) in [6.45, 7) is 0.786. The number of aliphatic carboxylic acids is 1. The molecule has 0 fully saturated rings. The van der Waals surface area contributed by atoms with Crippen molar-refractivity contribution in [3.05, 3.63) is 23.8 Å². The molecule has 1 heterocycles. The SMILES string of the molecule is COc1ccc2c(c1)CC(C(=O)N(C)CCCC(=O)O)CO2. The van der Waals surface area contributed by atoms with Crippen LogP contribution in [0.5, 0.6) is 11.5 Å². The van der Waals surface area contributed by atoms with Gasteiger partial charge < -0.3 is 19.5 Å². The fourth-order valence-electron chi connectivity index (χ4n) is 2.55. The quantitative estimate of drug-likeness (QED) is 0.863. The number of rotatable bonds is 6. The maximum absolute atomic E-state index is 12.4. The molecular weight excluding hydrogens is 286 g/mol. The molecule has 1 amide bonds. The molecule has 0 spiro atoms. The van der Waals surface area contributed by atoms with Gasteiger partial charge in [-0.25, -0.2) is 0 Å². The zero-order chi connectivity index (χ0) is 16.1. The lowest BCUT2D eigenvalue weighted by molar-refractivity contribution is -0.139. The summed E-state index contributed by atoms with van der Waals surface area (Å²) in [6, 6.07) is 5.57. The number of carboxylic acid groups (broad SMARTS) is 1. The first kappa shape index (κ1) is 16.1. The fourth-order valence-corrected chi connectivity index (χ4v) is 2.55. The van der Waals surface area contributed by atoms with Gasteiger partial charge >= 0.3 is 5.97 Å². The maximum atomic E-state index is 12.4. The Bertz CT molecular complexity index is 557. The number of ether oxygens (including phenoxy) is 2. The highest BCUT2D eigenvalue weighted by Gasteiger charge is 2.28. The topological polar surface area (TPSA) is 76.1 Å². The van der Waals surface area contributed by atoms with Gasteiger partial charge in [0.15, 0.2) is 0 Å². The van der Waals surface area contributed by atoms with Crippen LogP contribution >= 0.6 is 0 Å². The van der Waals surface area contributed by atoms with Gasteiger partial charge in [-0.2, -0.15) is 0 Å².